The van der Waals surface area contributed by atoms with E-state index in [1.807, 2.05) is 26.0 Å². The number of fused-ring (bicyclic) bond motifs is 1. The van der Waals surface area contributed by atoms with Crippen molar-refractivity contribution in [1.29, 1.82) is 0 Å². The minimum absolute atomic E-state index is 0.115. The summed E-state index contributed by atoms with van der Waals surface area (Å²) in [5.41, 5.74) is 7.03. The summed E-state index contributed by atoms with van der Waals surface area (Å²) < 4.78 is 6.12. The second-order valence-corrected chi connectivity index (χ2v) is 9.51. The maximum absolute atomic E-state index is 12.1. The quantitative estimate of drug-likeness (QED) is 0.571. The summed E-state index contributed by atoms with van der Waals surface area (Å²) in [7, 11) is 0. The van der Waals surface area contributed by atoms with Gasteiger partial charge in [0.25, 0.3) is 0 Å². The number of aliphatic carboxylic acids is 1. The third kappa shape index (κ3) is 5.76. The Kier molecular flexibility index (Phi) is 7.59. The highest BCUT2D eigenvalue weighted by Gasteiger charge is 2.34. The summed E-state index contributed by atoms with van der Waals surface area (Å²) in [6.07, 6.45) is 8.96. The van der Waals surface area contributed by atoms with E-state index < -0.39 is 12.0 Å². The van der Waals surface area contributed by atoms with Crippen molar-refractivity contribution in [2.45, 2.75) is 77.4 Å². The molecule has 0 unspecified atom stereocenters. The van der Waals surface area contributed by atoms with Crippen molar-refractivity contribution in [3.8, 4) is 0 Å². The fourth-order valence-corrected chi connectivity index (χ4v) is 5.23. The van der Waals surface area contributed by atoms with Crippen LogP contribution in [0.5, 0.6) is 0 Å². The number of aryl methyl sites for hydroxylation is 5. The smallest absolute Gasteiger partial charge is 0.325 e. The number of rotatable bonds is 9. The average molecular weight is 437 g/mol. The zero-order valence-electron chi connectivity index (χ0n) is 19.5. The Labute approximate surface area is 191 Å². The molecule has 1 aromatic carbocycles. The minimum Gasteiger partial charge on any atom is -0.480 e. The number of ether oxygens (including phenoxy) is 1. The number of unbranched alkanes of at least 4 members (excludes halogenated alkanes) is 1. The number of hydrogen-bond acceptors (Lipinski definition) is 4. The first kappa shape index (κ1) is 22.9. The highest BCUT2D eigenvalue weighted by molar-refractivity contribution is 5.75. The molecule has 1 aromatic heterocycles. The lowest BCUT2D eigenvalue weighted by molar-refractivity contribution is -0.143. The number of carboxylic acids is 1. The number of hydrogen-bond donors (Lipinski definition) is 1. The zero-order chi connectivity index (χ0) is 22.5. The number of carbonyl (C=O) groups is 1. The highest BCUT2D eigenvalue weighted by atomic mass is 16.5. The predicted octanol–water partition coefficient (Wildman–Crippen LogP) is 4.82. The van der Waals surface area contributed by atoms with Crippen molar-refractivity contribution in [2.24, 2.45) is 0 Å². The van der Waals surface area contributed by atoms with Gasteiger partial charge in [-0.15, -0.1) is 0 Å². The van der Waals surface area contributed by atoms with Crippen LogP contribution in [-0.2, 0) is 28.8 Å². The Bertz CT molecular complexity index is 922. The summed E-state index contributed by atoms with van der Waals surface area (Å²) in [6, 6.07) is 9.94. The molecule has 4 rings (SSSR count). The van der Waals surface area contributed by atoms with Crippen LogP contribution in [0.4, 0.5) is 0 Å². The van der Waals surface area contributed by atoms with Gasteiger partial charge in [-0.3, -0.25) is 14.7 Å². The second-order valence-electron chi connectivity index (χ2n) is 9.51. The molecule has 1 aliphatic heterocycles. The van der Waals surface area contributed by atoms with Crippen molar-refractivity contribution in [3.05, 3.63) is 64.0 Å². The maximum atomic E-state index is 12.1. The SMILES string of the molecule is Cc1cc(C)cc([C@@H](C(=O)O)N2CC[C@@H](OCCCCc3ccc4c(n3)CCCC4)C2)c1. The van der Waals surface area contributed by atoms with Gasteiger partial charge in [0.15, 0.2) is 0 Å². The summed E-state index contributed by atoms with van der Waals surface area (Å²) in [6.45, 7) is 6.20. The van der Waals surface area contributed by atoms with Crippen LogP contribution in [-0.4, -0.2) is 46.8 Å². The molecule has 0 spiro atoms. The highest BCUT2D eigenvalue weighted by Crippen LogP contribution is 2.28. The van der Waals surface area contributed by atoms with Crippen molar-refractivity contribution in [1.82, 2.24) is 9.88 Å². The van der Waals surface area contributed by atoms with Gasteiger partial charge in [0.05, 0.1) is 6.10 Å². The van der Waals surface area contributed by atoms with Crippen LogP contribution in [0.15, 0.2) is 30.3 Å². The Hall–Kier alpha value is -2.24. The number of aromatic nitrogens is 1. The minimum atomic E-state index is -0.784. The molecule has 2 aromatic rings. The molecule has 0 radical (unpaired) electrons. The molecule has 5 heteroatoms. The van der Waals surface area contributed by atoms with Crippen molar-refractivity contribution in [2.75, 3.05) is 19.7 Å². The Balaban J connectivity index is 1.22. The van der Waals surface area contributed by atoms with E-state index in [4.69, 9.17) is 9.72 Å². The predicted molar refractivity (Wildman–Crippen MR) is 126 cm³/mol. The van der Waals surface area contributed by atoms with Gasteiger partial charge in [-0.25, -0.2) is 0 Å². The molecule has 1 N–H and O–H groups in total. The van der Waals surface area contributed by atoms with Gasteiger partial charge in [-0.2, -0.15) is 0 Å². The Morgan fingerprint density at radius 3 is 2.72 bits per heavy atom. The molecule has 172 valence electrons. The van der Waals surface area contributed by atoms with E-state index in [0.29, 0.717) is 6.54 Å². The Morgan fingerprint density at radius 2 is 1.94 bits per heavy atom. The lowest BCUT2D eigenvalue weighted by Crippen LogP contribution is -2.33. The maximum Gasteiger partial charge on any atom is 0.325 e. The first-order chi connectivity index (χ1) is 15.5. The van der Waals surface area contributed by atoms with Crippen molar-refractivity contribution in [3.63, 3.8) is 0 Å². The van der Waals surface area contributed by atoms with E-state index in [1.54, 1.807) is 0 Å². The molecule has 1 fully saturated rings. The molecule has 0 amide bonds. The fraction of sp³-hybridized carbons (Fsp3) is 0.556. The van der Waals surface area contributed by atoms with Crippen molar-refractivity contribution < 1.29 is 14.6 Å². The molecular formula is C27H36N2O3. The van der Waals surface area contributed by atoms with Gasteiger partial charge in [0, 0.05) is 31.1 Å². The Morgan fingerprint density at radius 1 is 1.16 bits per heavy atom. The summed E-state index contributed by atoms with van der Waals surface area (Å²) in [5.74, 6) is -0.784. The van der Waals surface area contributed by atoms with Gasteiger partial charge in [0.2, 0.25) is 0 Å². The molecule has 0 bridgehead atoms. The van der Waals surface area contributed by atoms with Crippen LogP contribution >= 0.6 is 0 Å². The fourth-order valence-electron chi connectivity index (χ4n) is 5.23. The third-order valence-electron chi connectivity index (χ3n) is 6.75. The summed E-state index contributed by atoms with van der Waals surface area (Å²) in [4.78, 5) is 19.0. The average Bonchev–Trinajstić information content (AvgIpc) is 3.20. The van der Waals surface area contributed by atoms with E-state index in [-0.39, 0.29) is 6.10 Å². The van der Waals surface area contributed by atoms with Crippen LogP contribution in [0.1, 0.15) is 71.8 Å². The third-order valence-corrected chi connectivity index (χ3v) is 6.75. The van der Waals surface area contributed by atoms with Crippen molar-refractivity contribution >= 4 is 5.97 Å². The van der Waals surface area contributed by atoms with Crippen LogP contribution in [0.2, 0.25) is 0 Å². The van der Waals surface area contributed by atoms with Crippen LogP contribution in [0, 0.1) is 13.8 Å². The van der Waals surface area contributed by atoms with Crippen LogP contribution in [0.25, 0.3) is 0 Å². The normalized spacial score (nSPS) is 19.6. The molecule has 1 saturated heterocycles. The van der Waals surface area contributed by atoms with Gasteiger partial charge in [-0.1, -0.05) is 35.4 Å². The number of nitrogens with zero attached hydrogens (tertiary/aromatic N) is 2. The standard InChI is InChI=1S/C27H36N2O3/c1-19-15-20(2)17-22(16-19)26(27(30)31)29-13-12-24(18-29)32-14-6-5-8-23-11-10-21-7-3-4-9-25(21)28-23/h10-11,15-17,24,26H,3-9,12-14,18H2,1-2H3,(H,30,31)/t24-,26+/m1/s1. The van der Waals surface area contributed by atoms with E-state index >= 15 is 0 Å². The van der Waals surface area contributed by atoms with Crippen LogP contribution in [0.3, 0.4) is 0 Å². The molecule has 1 aliphatic carbocycles. The molecule has 5 nitrogen and oxygen atoms in total. The monoisotopic (exact) mass is 436 g/mol. The molecule has 0 saturated carbocycles. The number of pyridine rings is 1. The van der Waals surface area contributed by atoms with E-state index in [9.17, 15) is 9.90 Å². The first-order valence-electron chi connectivity index (χ1n) is 12.1. The van der Waals surface area contributed by atoms with E-state index in [0.717, 1.165) is 61.9 Å². The largest absolute Gasteiger partial charge is 0.480 e. The first-order valence-corrected chi connectivity index (χ1v) is 12.1. The number of likely N-dealkylation sites (tertiary alicyclic amines) is 1. The topological polar surface area (TPSA) is 62.7 Å². The van der Waals surface area contributed by atoms with Crippen LogP contribution < -0.4 is 0 Å². The second kappa shape index (κ2) is 10.6. The molecular weight excluding hydrogens is 400 g/mol. The molecule has 2 heterocycles. The number of benzene rings is 1. The lowest BCUT2D eigenvalue weighted by atomic mass is 9.95. The lowest BCUT2D eigenvalue weighted by Gasteiger charge is -2.25. The summed E-state index contributed by atoms with van der Waals surface area (Å²) >= 11 is 0. The van der Waals surface area contributed by atoms with Gasteiger partial charge < -0.3 is 9.84 Å². The molecule has 32 heavy (non-hydrogen) atoms. The van der Waals surface area contributed by atoms with E-state index in [2.05, 4.69) is 23.1 Å². The molecule has 2 atom stereocenters. The van der Waals surface area contributed by atoms with Gasteiger partial charge in [0.1, 0.15) is 6.04 Å². The summed E-state index contributed by atoms with van der Waals surface area (Å²) in [5, 5.41) is 9.89. The number of carboxylic acid groups (broad SMARTS) is 1. The van der Waals surface area contributed by atoms with Gasteiger partial charge >= 0.3 is 5.97 Å². The molecule has 2 aliphatic rings. The zero-order valence-corrected chi connectivity index (χ0v) is 19.5. The van der Waals surface area contributed by atoms with E-state index in [1.165, 1.54) is 36.2 Å². The van der Waals surface area contributed by atoms with Gasteiger partial charge in [-0.05, 0) is 82.4 Å².